The van der Waals surface area contributed by atoms with Gasteiger partial charge in [-0.2, -0.15) is 5.26 Å². The molecule has 1 aromatic rings. The topological polar surface area (TPSA) is 77.8 Å². The molecule has 2 aliphatic rings. The molecular formula is C16H19BrN4O. The van der Waals surface area contributed by atoms with Crippen molar-refractivity contribution in [2.24, 2.45) is 17.3 Å². The molecule has 4 unspecified atom stereocenters. The Hall–Kier alpha value is -1.45. The summed E-state index contributed by atoms with van der Waals surface area (Å²) in [6, 6.07) is 1.29. The normalized spacial score (nSPS) is 29.3. The van der Waals surface area contributed by atoms with Crippen molar-refractivity contribution in [1.29, 1.82) is 5.26 Å². The molecular weight excluding hydrogens is 344 g/mol. The van der Waals surface area contributed by atoms with Crippen LogP contribution in [0.4, 0.5) is 0 Å². The minimum atomic E-state index is -0.680. The molecule has 116 valence electrons. The molecule has 6 heteroatoms. The number of nitriles is 1. The maximum atomic E-state index is 12.6. The van der Waals surface area contributed by atoms with E-state index < -0.39 is 6.04 Å². The highest BCUT2D eigenvalue weighted by Gasteiger charge is 2.65. The fraction of sp³-hybridized carbons (Fsp3) is 0.562. The van der Waals surface area contributed by atoms with E-state index in [2.05, 4.69) is 51.5 Å². The molecule has 2 N–H and O–H groups in total. The zero-order valence-electron chi connectivity index (χ0n) is 12.9. The summed E-state index contributed by atoms with van der Waals surface area (Å²) in [5, 5.41) is 15.6. The predicted molar refractivity (Wildman–Crippen MR) is 85.7 cm³/mol. The summed E-state index contributed by atoms with van der Waals surface area (Å²) < 4.78 is 0.835. The summed E-state index contributed by atoms with van der Waals surface area (Å²) in [5.74, 6) is 0.843. The van der Waals surface area contributed by atoms with Crippen molar-refractivity contribution < 1.29 is 4.79 Å². The van der Waals surface area contributed by atoms with Crippen molar-refractivity contribution >= 4 is 21.8 Å². The van der Waals surface area contributed by atoms with Crippen molar-refractivity contribution in [3.8, 4) is 6.07 Å². The first-order chi connectivity index (χ1) is 10.4. The van der Waals surface area contributed by atoms with Crippen molar-refractivity contribution in [3.05, 3.63) is 28.0 Å². The number of nitrogens with zero attached hydrogens (tertiary/aromatic N) is 2. The van der Waals surface area contributed by atoms with Gasteiger partial charge in [-0.05, 0) is 52.2 Å². The first kappa shape index (κ1) is 15.4. The second-order valence-corrected chi connectivity index (χ2v) is 7.60. The lowest BCUT2D eigenvalue weighted by Crippen LogP contribution is -2.45. The van der Waals surface area contributed by atoms with Gasteiger partial charge in [-0.25, -0.2) is 0 Å². The molecule has 1 saturated heterocycles. The van der Waals surface area contributed by atoms with Crippen LogP contribution in [0.3, 0.4) is 0 Å². The molecule has 0 spiro atoms. The van der Waals surface area contributed by atoms with E-state index in [0.29, 0.717) is 11.8 Å². The second-order valence-electron chi connectivity index (χ2n) is 6.75. The number of halogens is 1. The van der Waals surface area contributed by atoms with Crippen LogP contribution in [-0.4, -0.2) is 23.5 Å². The SMILES string of the molecule is Cc1c(Br)cncc1C(C#N)NC(=O)C1NCC2C1C2(C)C. The van der Waals surface area contributed by atoms with Crippen LogP contribution >= 0.6 is 15.9 Å². The minimum Gasteiger partial charge on any atom is -0.335 e. The third-order valence-electron chi connectivity index (χ3n) is 5.26. The molecule has 0 bridgehead atoms. The average molecular weight is 363 g/mol. The Morgan fingerprint density at radius 1 is 1.59 bits per heavy atom. The summed E-state index contributed by atoms with van der Waals surface area (Å²) >= 11 is 3.41. The molecule has 1 aliphatic heterocycles. The summed E-state index contributed by atoms with van der Waals surface area (Å²) in [7, 11) is 0. The first-order valence-corrected chi connectivity index (χ1v) is 8.20. The quantitative estimate of drug-likeness (QED) is 0.862. The molecule has 2 heterocycles. The van der Waals surface area contributed by atoms with Crippen molar-refractivity contribution in [2.45, 2.75) is 32.9 Å². The van der Waals surface area contributed by atoms with Gasteiger partial charge in [-0.3, -0.25) is 9.78 Å². The lowest BCUT2D eigenvalue weighted by molar-refractivity contribution is -0.124. The summed E-state index contributed by atoms with van der Waals surface area (Å²) in [4.78, 5) is 16.7. The standard InChI is InChI=1S/C16H19BrN4O/c1-8-9(5-19-7-11(8)17)12(4-18)21-15(22)14-13-10(6-20-14)16(13,2)3/h5,7,10,12-14,20H,6H2,1-3H3,(H,21,22). The van der Waals surface area contributed by atoms with E-state index >= 15 is 0 Å². The Bertz CT molecular complexity index is 667. The van der Waals surface area contributed by atoms with E-state index in [1.807, 2.05) is 6.92 Å². The van der Waals surface area contributed by atoms with Crippen LogP contribution < -0.4 is 10.6 Å². The van der Waals surface area contributed by atoms with Crippen LogP contribution in [0.2, 0.25) is 0 Å². The molecule has 0 radical (unpaired) electrons. The van der Waals surface area contributed by atoms with Gasteiger partial charge >= 0.3 is 0 Å². The number of aromatic nitrogens is 1. The average Bonchev–Trinajstić information content (AvgIpc) is 2.87. The molecule has 22 heavy (non-hydrogen) atoms. The Morgan fingerprint density at radius 2 is 2.32 bits per heavy atom. The van der Waals surface area contributed by atoms with Crippen molar-refractivity contribution in [1.82, 2.24) is 15.6 Å². The Morgan fingerprint density at radius 3 is 2.91 bits per heavy atom. The van der Waals surface area contributed by atoms with Crippen LogP contribution in [0, 0.1) is 35.5 Å². The Balaban J connectivity index is 1.75. The van der Waals surface area contributed by atoms with E-state index in [1.54, 1.807) is 12.4 Å². The minimum absolute atomic E-state index is 0.0935. The van der Waals surface area contributed by atoms with Gasteiger partial charge in [0, 0.05) is 22.4 Å². The largest absolute Gasteiger partial charge is 0.335 e. The highest BCUT2D eigenvalue weighted by molar-refractivity contribution is 9.10. The Labute approximate surface area is 138 Å². The van der Waals surface area contributed by atoms with E-state index in [0.717, 1.165) is 22.1 Å². The van der Waals surface area contributed by atoms with Gasteiger partial charge in [0.05, 0.1) is 12.1 Å². The van der Waals surface area contributed by atoms with Crippen LogP contribution in [0.1, 0.15) is 31.0 Å². The lowest BCUT2D eigenvalue weighted by atomic mass is 10.0. The number of nitrogens with one attached hydrogen (secondary N) is 2. The molecule has 1 aromatic heterocycles. The fourth-order valence-electron chi connectivity index (χ4n) is 3.69. The van der Waals surface area contributed by atoms with E-state index in [9.17, 15) is 10.1 Å². The number of rotatable bonds is 3. The molecule has 5 nitrogen and oxygen atoms in total. The van der Waals surface area contributed by atoms with Gasteiger partial charge in [0.25, 0.3) is 0 Å². The molecule has 4 atom stereocenters. The molecule has 1 saturated carbocycles. The van der Waals surface area contributed by atoms with Crippen molar-refractivity contribution in [3.63, 3.8) is 0 Å². The number of fused-ring (bicyclic) bond motifs is 1. The van der Waals surface area contributed by atoms with Gasteiger partial charge in [0.1, 0.15) is 6.04 Å². The predicted octanol–water partition coefficient (Wildman–Crippen LogP) is 2.08. The van der Waals surface area contributed by atoms with Crippen molar-refractivity contribution in [2.75, 3.05) is 6.54 Å². The monoisotopic (exact) mass is 362 g/mol. The smallest absolute Gasteiger partial charge is 0.238 e. The number of pyridine rings is 1. The first-order valence-electron chi connectivity index (χ1n) is 7.41. The van der Waals surface area contributed by atoms with Gasteiger partial charge < -0.3 is 10.6 Å². The highest BCUT2D eigenvalue weighted by Crippen LogP contribution is 2.62. The van der Waals surface area contributed by atoms with Gasteiger partial charge in [-0.15, -0.1) is 0 Å². The summed E-state index contributed by atoms with van der Waals surface area (Å²) in [5.41, 5.74) is 1.88. The van der Waals surface area contributed by atoms with Gasteiger partial charge in [-0.1, -0.05) is 13.8 Å². The van der Waals surface area contributed by atoms with E-state index in [4.69, 9.17) is 0 Å². The number of carbonyl (C=O) groups is 1. The van der Waals surface area contributed by atoms with Crippen LogP contribution in [-0.2, 0) is 4.79 Å². The molecule has 1 amide bonds. The second kappa shape index (κ2) is 5.32. The zero-order valence-corrected chi connectivity index (χ0v) is 14.4. The molecule has 0 aromatic carbocycles. The van der Waals surface area contributed by atoms with Crippen LogP contribution in [0.25, 0.3) is 0 Å². The molecule has 1 aliphatic carbocycles. The summed E-state index contributed by atoms with van der Waals surface area (Å²) in [6.45, 7) is 7.19. The van der Waals surface area contributed by atoms with E-state index in [1.165, 1.54) is 0 Å². The van der Waals surface area contributed by atoms with Gasteiger partial charge in [0.15, 0.2) is 0 Å². The lowest BCUT2D eigenvalue weighted by Gasteiger charge is -2.21. The molecule has 3 rings (SSSR count). The molecule has 2 fully saturated rings. The number of carbonyl (C=O) groups excluding carboxylic acids is 1. The van der Waals surface area contributed by atoms with Gasteiger partial charge in [0.2, 0.25) is 5.91 Å². The highest BCUT2D eigenvalue weighted by atomic mass is 79.9. The maximum Gasteiger partial charge on any atom is 0.238 e. The number of hydrogen-bond donors (Lipinski definition) is 2. The number of amides is 1. The van der Waals surface area contributed by atoms with Crippen LogP contribution in [0.15, 0.2) is 16.9 Å². The zero-order chi connectivity index (χ0) is 16.1. The number of hydrogen-bond acceptors (Lipinski definition) is 4. The Kier molecular flexibility index (Phi) is 3.74. The number of piperidine rings is 1. The third-order valence-corrected chi connectivity index (χ3v) is 6.06. The van der Waals surface area contributed by atoms with Crippen LogP contribution in [0.5, 0.6) is 0 Å². The van der Waals surface area contributed by atoms with E-state index in [-0.39, 0.29) is 17.4 Å². The summed E-state index contributed by atoms with van der Waals surface area (Å²) in [6.07, 6.45) is 3.32. The fourth-order valence-corrected chi connectivity index (χ4v) is 4.04. The maximum absolute atomic E-state index is 12.6. The third kappa shape index (κ3) is 2.33.